The van der Waals surface area contributed by atoms with E-state index < -0.39 is 28.7 Å². The summed E-state index contributed by atoms with van der Waals surface area (Å²) in [6, 6.07) is 7.97. The summed E-state index contributed by atoms with van der Waals surface area (Å²) in [5, 5.41) is 9.28. The zero-order valence-electron chi connectivity index (χ0n) is 10.3. The van der Waals surface area contributed by atoms with Gasteiger partial charge in [0.05, 0.1) is 21.3 Å². The normalized spacial score (nSPS) is 11.0. The van der Waals surface area contributed by atoms with Gasteiger partial charge in [0.15, 0.2) is 5.82 Å². The molecule has 0 saturated carbocycles. The van der Waals surface area contributed by atoms with Crippen molar-refractivity contribution in [2.24, 2.45) is 0 Å². The molecule has 0 spiro atoms. The molecule has 0 unspecified atom stereocenters. The first-order chi connectivity index (χ1) is 9.99. The molecule has 0 radical (unpaired) electrons. The molecule has 0 bridgehead atoms. The van der Waals surface area contributed by atoms with E-state index in [1.54, 1.807) is 24.3 Å². The second kappa shape index (κ2) is 4.78. The number of benzene rings is 2. The van der Waals surface area contributed by atoms with Crippen molar-refractivity contribution in [1.29, 1.82) is 0 Å². The molecule has 0 amide bonds. The van der Waals surface area contributed by atoms with Crippen molar-refractivity contribution >= 4 is 27.6 Å². The van der Waals surface area contributed by atoms with Crippen LogP contribution in [0.3, 0.4) is 0 Å². The summed E-state index contributed by atoms with van der Waals surface area (Å²) in [7, 11) is 0. The van der Waals surface area contributed by atoms with E-state index >= 15 is 0 Å². The molecular weight excluding hydrogens is 300 g/mol. The molecule has 1 heterocycles. The molecule has 7 heteroatoms. The van der Waals surface area contributed by atoms with Gasteiger partial charge in [0.2, 0.25) is 0 Å². The lowest BCUT2D eigenvalue weighted by molar-refractivity contribution is 0.0691. The maximum absolute atomic E-state index is 13.9. The Bertz CT molecular complexity index is 930. The summed E-state index contributed by atoms with van der Waals surface area (Å²) < 4.78 is 28.9. The van der Waals surface area contributed by atoms with Gasteiger partial charge in [0, 0.05) is 6.07 Å². The topological polar surface area (TPSA) is 59.3 Å². The Balaban J connectivity index is 2.33. The van der Waals surface area contributed by atoms with Crippen LogP contribution >= 0.6 is 11.5 Å². The molecule has 0 fully saturated rings. The number of carboxylic acids is 1. The van der Waals surface area contributed by atoms with Gasteiger partial charge < -0.3 is 5.11 Å². The Labute approximate surface area is 120 Å². The van der Waals surface area contributed by atoms with E-state index in [0.717, 1.165) is 21.6 Å². The highest BCUT2D eigenvalue weighted by atomic mass is 32.1. The average molecular weight is 307 g/mol. The van der Waals surface area contributed by atoms with Crippen molar-refractivity contribution in [1.82, 2.24) is 3.96 Å². The number of carbonyl (C=O) groups is 1. The minimum absolute atomic E-state index is 0.278. The van der Waals surface area contributed by atoms with Gasteiger partial charge in [-0.25, -0.2) is 17.5 Å². The van der Waals surface area contributed by atoms with Gasteiger partial charge in [-0.2, -0.15) is 0 Å². The number of nitrogens with zero attached hydrogens (tertiary/aromatic N) is 1. The van der Waals surface area contributed by atoms with Crippen molar-refractivity contribution in [3.05, 3.63) is 63.9 Å². The van der Waals surface area contributed by atoms with Gasteiger partial charge in [-0.15, -0.1) is 0 Å². The van der Waals surface area contributed by atoms with E-state index in [4.69, 9.17) is 5.11 Å². The zero-order chi connectivity index (χ0) is 15.1. The Morgan fingerprint density at radius 3 is 2.52 bits per heavy atom. The number of hydrogen-bond acceptors (Lipinski definition) is 3. The monoisotopic (exact) mass is 307 g/mol. The number of hydrogen-bond donors (Lipinski definition) is 1. The van der Waals surface area contributed by atoms with Crippen LogP contribution in [0.25, 0.3) is 15.8 Å². The van der Waals surface area contributed by atoms with E-state index in [1.807, 2.05) is 0 Å². The van der Waals surface area contributed by atoms with Crippen molar-refractivity contribution in [3.63, 3.8) is 0 Å². The van der Waals surface area contributed by atoms with Crippen LogP contribution in [0.2, 0.25) is 0 Å². The SMILES string of the molecule is O=C(O)c1cc(-n2sc3ccccc3c2=O)c(F)cc1F. The Hall–Kier alpha value is -2.54. The molecule has 0 aliphatic carbocycles. The average Bonchev–Trinajstić information content (AvgIpc) is 2.76. The third-order valence-electron chi connectivity index (χ3n) is 2.98. The van der Waals surface area contributed by atoms with E-state index in [2.05, 4.69) is 0 Å². The second-order valence-electron chi connectivity index (χ2n) is 4.28. The Kier molecular flexibility index (Phi) is 3.06. The summed E-state index contributed by atoms with van der Waals surface area (Å²) in [5.41, 5.74) is -1.44. The third-order valence-corrected chi connectivity index (χ3v) is 4.08. The molecule has 2 aromatic carbocycles. The summed E-state index contributed by atoms with van der Waals surface area (Å²) in [4.78, 5) is 23.1. The molecule has 3 rings (SSSR count). The van der Waals surface area contributed by atoms with E-state index in [1.165, 1.54) is 0 Å². The molecular formula is C14H7F2NO3S. The molecule has 3 aromatic rings. The van der Waals surface area contributed by atoms with Crippen LogP contribution < -0.4 is 5.56 Å². The number of aromatic carboxylic acids is 1. The van der Waals surface area contributed by atoms with Gasteiger partial charge in [-0.05, 0) is 18.2 Å². The van der Waals surface area contributed by atoms with Crippen LogP contribution in [0, 0.1) is 11.6 Å². The van der Waals surface area contributed by atoms with E-state index in [0.29, 0.717) is 16.2 Å². The van der Waals surface area contributed by atoms with Gasteiger partial charge >= 0.3 is 5.97 Å². The van der Waals surface area contributed by atoms with Crippen LogP contribution in [-0.4, -0.2) is 15.0 Å². The summed E-state index contributed by atoms with van der Waals surface area (Å²) in [6.45, 7) is 0. The fraction of sp³-hybridized carbons (Fsp3) is 0. The molecule has 0 saturated heterocycles. The predicted octanol–water partition coefficient (Wildman–Crippen LogP) is 3.03. The fourth-order valence-electron chi connectivity index (χ4n) is 1.99. The quantitative estimate of drug-likeness (QED) is 0.791. The number of halogens is 2. The van der Waals surface area contributed by atoms with Gasteiger partial charge in [-0.3, -0.25) is 4.79 Å². The largest absolute Gasteiger partial charge is 0.478 e. The minimum Gasteiger partial charge on any atom is -0.478 e. The Morgan fingerprint density at radius 1 is 1.14 bits per heavy atom. The molecule has 21 heavy (non-hydrogen) atoms. The maximum atomic E-state index is 13.9. The number of aromatic nitrogens is 1. The van der Waals surface area contributed by atoms with Crippen LogP contribution in [0.1, 0.15) is 10.4 Å². The highest BCUT2D eigenvalue weighted by molar-refractivity contribution is 7.14. The van der Waals surface area contributed by atoms with Crippen molar-refractivity contribution < 1.29 is 18.7 Å². The molecule has 4 nitrogen and oxygen atoms in total. The molecule has 0 atom stereocenters. The first-order valence-corrected chi connectivity index (χ1v) is 6.60. The van der Waals surface area contributed by atoms with Crippen LogP contribution in [0.5, 0.6) is 0 Å². The number of carboxylic acid groups (broad SMARTS) is 1. The Morgan fingerprint density at radius 2 is 1.86 bits per heavy atom. The molecule has 0 aliphatic heterocycles. The smallest absolute Gasteiger partial charge is 0.338 e. The maximum Gasteiger partial charge on any atom is 0.338 e. The summed E-state index contributed by atoms with van der Waals surface area (Å²) >= 11 is 0.966. The number of rotatable bonds is 2. The molecule has 0 aliphatic rings. The lowest BCUT2D eigenvalue weighted by Crippen LogP contribution is -2.14. The fourth-order valence-corrected chi connectivity index (χ4v) is 3.00. The molecule has 1 N–H and O–H groups in total. The van der Waals surface area contributed by atoms with Gasteiger partial charge in [0.1, 0.15) is 5.82 Å². The van der Waals surface area contributed by atoms with E-state index in [-0.39, 0.29) is 5.69 Å². The standard InChI is InChI=1S/C14H7F2NO3S/c15-9-6-10(16)11(5-8(9)14(19)20)17-13(18)7-3-1-2-4-12(7)21-17/h1-6H,(H,19,20). The van der Waals surface area contributed by atoms with Crippen LogP contribution in [0.15, 0.2) is 41.2 Å². The van der Waals surface area contributed by atoms with Gasteiger partial charge in [-0.1, -0.05) is 23.7 Å². The third kappa shape index (κ3) is 2.11. The summed E-state index contributed by atoms with van der Waals surface area (Å²) in [6.07, 6.45) is 0. The summed E-state index contributed by atoms with van der Waals surface area (Å²) in [5.74, 6) is -3.70. The zero-order valence-corrected chi connectivity index (χ0v) is 11.2. The lowest BCUT2D eigenvalue weighted by atomic mass is 10.2. The first kappa shape index (κ1) is 13.4. The lowest BCUT2D eigenvalue weighted by Gasteiger charge is -2.05. The van der Waals surface area contributed by atoms with Crippen molar-refractivity contribution in [3.8, 4) is 5.69 Å². The van der Waals surface area contributed by atoms with Crippen molar-refractivity contribution in [2.45, 2.75) is 0 Å². The van der Waals surface area contributed by atoms with E-state index in [9.17, 15) is 18.4 Å². The minimum atomic E-state index is -1.53. The van der Waals surface area contributed by atoms with Crippen LogP contribution in [0.4, 0.5) is 8.78 Å². The highest BCUT2D eigenvalue weighted by Gasteiger charge is 2.18. The van der Waals surface area contributed by atoms with Crippen LogP contribution in [-0.2, 0) is 0 Å². The first-order valence-electron chi connectivity index (χ1n) is 5.83. The molecule has 1 aromatic heterocycles. The van der Waals surface area contributed by atoms with Crippen molar-refractivity contribution in [2.75, 3.05) is 0 Å². The highest BCUT2D eigenvalue weighted by Crippen LogP contribution is 2.23. The second-order valence-corrected chi connectivity index (χ2v) is 5.26. The molecule has 106 valence electrons. The predicted molar refractivity (Wildman–Crippen MR) is 74.3 cm³/mol. The van der Waals surface area contributed by atoms with Gasteiger partial charge in [0.25, 0.3) is 5.56 Å². The number of fused-ring (bicyclic) bond motifs is 1.